The third-order valence-corrected chi connectivity index (χ3v) is 4.63. The lowest BCUT2D eigenvalue weighted by Crippen LogP contribution is -2.25. The molecule has 0 aliphatic carbocycles. The Labute approximate surface area is 155 Å². The molecule has 27 heavy (non-hydrogen) atoms. The Bertz CT molecular complexity index is 1120. The van der Waals surface area contributed by atoms with Gasteiger partial charge in [0.15, 0.2) is 5.78 Å². The fourth-order valence-electron chi connectivity index (χ4n) is 3.47. The maximum absolute atomic E-state index is 12.8. The molecule has 8 nitrogen and oxygen atoms in total. The highest BCUT2D eigenvalue weighted by Gasteiger charge is 2.19. The van der Waals surface area contributed by atoms with Crippen molar-refractivity contribution >= 4 is 22.4 Å². The summed E-state index contributed by atoms with van der Waals surface area (Å²) in [5.74, 6) is -0.205. The van der Waals surface area contributed by atoms with Crippen LogP contribution in [0.15, 0.2) is 35.4 Å². The van der Waals surface area contributed by atoms with Crippen LogP contribution >= 0.6 is 0 Å². The molecule has 3 rings (SSSR count). The number of nitro benzene ring substituents is 1. The molecule has 1 aromatic carbocycles. The number of hydrogen-bond acceptors (Lipinski definition) is 5. The van der Waals surface area contributed by atoms with Crippen LogP contribution in [0.3, 0.4) is 0 Å². The van der Waals surface area contributed by atoms with Crippen molar-refractivity contribution in [3.63, 3.8) is 0 Å². The molecule has 3 aromatic rings. The normalized spacial score (nSPS) is 11.3. The maximum Gasteiger partial charge on any atom is 0.270 e. The van der Waals surface area contributed by atoms with E-state index < -0.39 is 10.5 Å². The van der Waals surface area contributed by atoms with Crippen LogP contribution in [0.1, 0.15) is 41.6 Å². The van der Waals surface area contributed by atoms with E-state index in [2.05, 4.69) is 9.55 Å². The van der Waals surface area contributed by atoms with Crippen LogP contribution in [0.4, 0.5) is 5.69 Å². The quantitative estimate of drug-likeness (QED) is 0.391. The van der Waals surface area contributed by atoms with Gasteiger partial charge in [-0.15, -0.1) is 0 Å². The van der Waals surface area contributed by atoms with Gasteiger partial charge in [-0.2, -0.15) is 0 Å². The molecule has 0 amide bonds. The molecule has 0 bridgehead atoms. The van der Waals surface area contributed by atoms with E-state index in [0.717, 1.165) is 11.4 Å². The number of hydrogen-bond donors (Lipinski definition) is 0. The van der Waals surface area contributed by atoms with E-state index in [1.54, 1.807) is 0 Å². The molecule has 0 N–H and O–H groups in total. The second-order valence-electron chi connectivity index (χ2n) is 6.81. The molecule has 2 heterocycles. The summed E-state index contributed by atoms with van der Waals surface area (Å²) in [7, 11) is 0. The van der Waals surface area contributed by atoms with Crippen LogP contribution in [-0.4, -0.2) is 24.8 Å². The molecule has 0 unspecified atom stereocenters. The summed E-state index contributed by atoms with van der Waals surface area (Å²) in [6.07, 6.45) is 1.30. The predicted molar refractivity (Wildman–Crippen MR) is 101 cm³/mol. The van der Waals surface area contributed by atoms with Crippen LogP contribution in [0.25, 0.3) is 10.9 Å². The lowest BCUT2D eigenvalue weighted by Gasteiger charge is -2.13. The molecule has 0 aliphatic heterocycles. The molecule has 0 radical (unpaired) electrons. The number of nitro groups is 1. The maximum atomic E-state index is 12.8. The zero-order chi connectivity index (χ0) is 19.9. The number of aromatic nitrogens is 3. The first-order chi connectivity index (χ1) is 12.7. The molecule has 0 fully saturated rings. The van der Waals surface area contributed by atoms with Crippen LogP contribution in [0.2, 0.25) is 0 Å². The van der Waals surface area contributed by atoms with E-state index in [0.29, 0.717) is 11.1 Å². The van der Waals surface area contributed by atoms with Gasteiger partial charge in [-0.25, -0.2) is 4.98 Å². The summed E-state index contributed by atoms with van der Waals surface area (Å²) in [6, 6.07) is 5.96. The fraction of sp³-hybridized carbons (Fsp3) is 0.316. The highest BCUT2D eigenvalue weighted by Crippen LogP contribution is 2.21. The van der Waals surface area contributed by atoms with Gasteiger partial charge in [0, 0.05) is 35.1 Å². The number of Topliss-reactive ketones (excluding diaryl/α,β-unsaturated/α-hetero) is 1. The van der Waals surface area contributed by atoms with Gasteiger partial charge in [0.25, 0.3) is 11.2 Å². The van der Waals surface area contributed by atoms with E-state index >= 15 is 0 Å². The van der Waals surface area contributed by atoms with E-state index in [-0.39, 0.29) is 29.4 Å². The number of carbonyl (C=O) groups excluding carboxylic acids is 1. The smallest absolute Gasteiger partial charge is 0.270 e. The summed E-state index contributed by atoms with van der Waals surface area (Å²) in [5.41, 5.74) is 2.08. The molecule has 0 spiro atoms. The largest absolute Gasteiger partial charge is 0.346 e. The Hall–Kier alpha value is -3.29. The lowest BCUT2D eigenvalue weighted by atomic mass is 10.1. The zero-order valence-electron chi connectivity index (χ0n) is 15.6. The van der Waals surface area contributed by atoms with Gasteiger partial charge in [0.1, 0.15) is 0 Å². The standard InChI is InChI=1S/C19H20N4O4/c1-11(2)22-12(3)7-15(13(22)4)18(24)9-21-10-20-17-6-5-14(23(26)27)8-16(17)19(21)25/h5-8,10-11H,9H2,1-4H3. The van der Waals surface area contributed by atoms with Gasteiger partial charge in [-0.05, 0) is 39.8 Å². The third kappa shape index (κ3) is 3.25. The van der Waals surface area contributed by atoms with Crippen molar-refractivity contribution in [3.05, 3.63) is 68.0 Å². The Morgan fingerprint density at radius 1 is 1.26 bits per heavy atom. The molecule has 8 heteroatoms. The number of non-ortho nitro benzene ring substituents is 1. The Balaban J connectivity index is 2.01. The minimum Gasteiger partial charge on any atom is -0.346 e. The number of fused-ring (bicyclic) bond motifs is 1. The van der Waals surface area contributed by atoms with Gasteiger partial charge < -0.3 is 4.57 Å². The SMILES string of the molecule is Cc1cc(C(=O)Cn2cnc3ccc([N+](=O)[O-])cc3c2=O)c(C)n1C(C)C. The molecule has 0 saturated heterocycles. The Morgan fingerprint density at radius 3 is 2.56 bits per heavy atom. The van der Waals surface area contributed by atoms with Crippen LogP contribution in [0.5, 0.6) is 0 Å². The van der Waals surface area contributed by atoms with E-state index in [1.165, 1.54) is 29.1 Å². The third-order valence-electron chi connectivity index (χ3n) is 4.63. The van der Waals surface area contributed by atoms with Crippen molar-refractivity contribution in [2.24, 2.45) is 0 Å². The number of rotatable bonds is 5. The fourth-order valence-corrected chi connectivity index (χ4v) is 3.47. The molecule has 0 atom stereocenters. The van der Waals surface area contributed by atoms with Crippen molar-refractivity contribution in [3.8, 4) is 0 Å². The zero-order valence-corrected chi connectivity index (χ0v) is 15.6. The first-order valence-electron chi connectivity index (χ1n) is 8.56. The lowest BCUT2D eigenvalue weighted by molar-refractivity contribution is -0.384. The van der Waals surface area contributed by atoms with E-state index in [1.807, 2.05) is 33.8 Å². The van der Waals surface area contributed by atoms with Gasteiger partial charge >= 0.3 is 0 Å². The number of carbonyl (C=O) groups is 1. The Kier molecular flexibility index (Phi) is 4.65. The van der Waals surface area contributed by atoms with Crippen LogP contribution in [-0.2, 0) is 6.54 Å². The number of nitrogens with zero attached hydrogens (tertiary/aromatic N) is 4. The molecule has 140 valence electrons. The van der Waals surface area contributed by atoms with Gasteiger partial charge in [0.2, 0.25) is 0 Å². The minimum atomic E-state index is -0.567. The number of aryl methyl sites for hydroxylation is 1. The van der Waals surface area contributed by atoms with Crippen molar-refractivity contribution in [1.29, 1.82) is 0 Å². The van der Waals surface area contributed by atoms with Crippen molar-refractivity contribution in [2.45, 2.75) is 40.3 Å². The van der Waals surface area contributed by atoms with Gasteiger partial charge in [0.05, 0.1) is 28.7 Å². The second-order valence-corrected chi connectivity index (χ2v) is 6.81. The van der Waals surface area contributed by atoms with Crippen molar-refractivity contribution in [2.75, 3.05) is 0 Å². The molecular formula is C19H20N4O4. The second kappa shape index (κ2) is 6.79. The summed E-state index contributed by atoms with van der Waals surface area (Å²) in [5, 5.41) is 11.1. The van der Waals surface area contributed by atoms with Crippen LogP contribution < -0.4 is 5.56 Å². The van der Waals surface area contributed by atoms with Gasteiger partial charge in [-0.1, -0.05) is 0 Å². The van der Waals surface area contributed by atoms with Crippen LogP contribution in [0, 0.1) is 24.0 Å². The van der Waals surface area contributed by atoms with E-state index in [4.69, 9.17) is 0 Å². The highest BCUT2D eigenvalue weighted by molar-refractivity contribution is 5.97. The number of benzene rings is 1. The monoisotopic (exact) mass is 368 g/mol. The summed E-state index contributed by atoms with van der Waals surface area (Å²) in [6.45, 7) is 7.72. The predicted octanol–water partition coefficient (Wildman–Crippen LogP) is 3.19. The van der Waals surface area contributed by atoms with Gasteiger partial charge in [-0.3, -0.25) is 24.3 Å². The summed E-state index contributed by atoms with van der Waals surface area (Å²) < 4.78 is 3.26. The minimum absolute atomic E-state index is 0.118. The molecule has 0 aliphatic rings. The molecule has 2 aromatic heterocycles. The highest BCUT2D eigenvalue weighted by atomic mass is 16.6. The number of ketones is 1. The average molecular weight is 368 g/mol. The first-order valence-corrected chi connectivity index (χ1v) is 8.56. The molecular weight excluding hydrogens is 348 g/mol. The summed E-state index contributed by atoms with van der Waals surface area (Å²) >= 11 is 0. The van der Waals surface area contributed by atoms with E-state index in [9.17, 15) is 19.7 Å². The Morgan fingerprint density at radius 2 is 1.96 bits per heavy atom. The topological polar surface area (TPSA) is 100 Å². The molecule has 0 saturated carbocycles. The van der Waals surface area contributed by atoms with Crippen molar-refractivity contribution < 1.29 is 9.72 Å². The first kappa shape index (κ1) is 18.5. The average Bonchev–Trinajstić information content (AvgIpc) is 2.91. The van der Waals surface area contributed by atoms with Crippen molar-refractivity contribution in [1.82, 2.24) is 14.1 Å². The summed E-state index contributed by atoms with van der Waals surface area (Å²) in [4.78, 5) is 40.0.